The van der Waals surface area contributed by atoms with E-state index in [0.29, 0.717) is 17.8 Å². The first-order valence-corrected chi connectivity index (χ1v) is 13.5. The fourth-order valence-electron chi connectivity index (χ4n) is 3.48. The number of hydrogen-bond acceptors (Lipinski definition) is 5. The molecule has 0 saturated carbocycles. The van der Waals surface area contributed by atoms with Gasteiger partial charge in [-0.15, -0.1) is 0 Å². The number of thiazole rings is 1. The number of carbonyl (C=O) groups excluding carboxylic acids is 2. The SMILES string of the molecule is CCCCc1ccc2c(c1)sc(=NC(=O)CCCSCc1ccccc1)n2CC(=O)OCC. The Bertz CT molecular complexity index is 1120. The Morgan fingerprint density at radius 1 is 1.06 bits per heavy atom. The lowest BCUT2D eigenvalue weighted by molar-refractivity contribution is -0.143. The third-order valence-corrected chi connectivity index (χ3v) is 7.33. The number of hydrogen-bond donors (Lipinski definition) is 0. The van der Waals surface area contributed by atoms with Crippen molar-refractivity contribution in [3.05, 3.63) is 64.5 Å². The molecule has 176 valence electrons. The van der Waals surface area contributed by atoms with Crippen molar-refractivity contribution >= 4 is 45.2 Å². The van der Waals surface area contributed by atoms with Crippen LogP contribution in [0.1, 0.15) is 50.7 Å². The molecule has 0 radical (unpaired) electrons. The number of benzene rings is 2. The van der Waals surface area contributed by atoms with Gasteiger partial charge < -0.3 is 9.30 Å². The molecule has 2 aromatic carbocycles. The van der Waals surface area contributed by atoms with E-state index in [4.69, 9.17) is 4.74 Å². The maximum absolute atomic E-state index is 12.6. The Hall–Kier alpha value is -2.38. The number of rotatable bonds is 12. The molecule has 0 unspecified atom stereocenters. The Morgan fingerprint density at radius 2 is 1.88 bits per heavy atom. The van der Waals surface area contributed by atoms with Crippen LogP contribution in [0.15, 0.2) is 53.5 Å². The summed E-state index contributed by atoms with van der Waals surface area (Å²) < 4.78 is 7.99. The van der Waals surface area contributed by atoms with Crippen LogP contribution in [-0.2, 0) is 33.0 Å². The third kappa shape index (κ3) is 7.86. The van der Waals surface area contributed by atoms with Gasteiger partial charge in [-0.3, -0.25) is 9.59 Å². The van der Waals surface area contributed by atoms with Crippen molar-refractivity contribution < 1.29 is 14.3 Å². The highest BCUT2D eigenvalue weighted by atomic mass is 32.2. The third-order valence-electron chi connectivity index (χ3n) is 5.17. The second kappa shape index (κ2) is 13.4. The van der Waals surface area contributed by atoms with E-state index in [-0.39, 0.29) is 18.4 Å². The van der Waals surface area contributed by atoms with Crippen LogP contribution in [0.4, 0.5) is 0 Å². The molecule has 0 aliphatic heterocycles. The van der Waals surface area contributed by atoms with E-state index in [0.717, 1.165) is 47.4 Å². The highest BCUT2D eigenvalue weighted by molar-refractivity contribution is 7.98. The first-order chi connectivity index (χ1) is 16.1. The molecule has 0 fully saturated rings. The van der Waals surface area contributed by atoms with Gasteiger partial charge in [0.05, 0.1) is 16.8 Å². The first kappa shape index (κ1) is 25.2. The smallest absolute Gasteiger partial charge is 0.326 e. The maximum Gasteiger partial charge on any atom is 0.326 e. The number of esters is 1. The van der Waals surface area contributed by atoms with Gasteiger partial charge in [0.25, 0.3) is 0 Å². The van der Waals surface area contributed by atoms with Crippen molar-refractivity contribution in [3.63, 3.8) is 0 Å². The van der Waals surface area contributed by atoms with Crippen molar-refractivity contribution in [1.82, 2.24) is 4.57 Å². The molecule has 5 nitrogen and oxygen atoms in total. The van der Waals surface area contributed by atoms with Gasteiger partial charge in [0.1, 0.15) is 6.54 Å². The van der Waals surface area contributed by atoms with Gasteiger partial charge in [0.2, 0.25) is 5.91 Å². The monoisotopic (exact) mass is 484 g/mol. The van der Waals surface area contributed by atoms with Crippen molar-refractivity contribution in [2.24, 2.45) is 4.99 Å². The predicted molar refractivity (Wildman–Crippen MR) is 137 cm³/mol. The van der Waals surface area contributed by atoms with Crippen molar-refractivity contribution in [2.45, 2.75) is 58.2 Å². The lowest BCUT2D eigenvalue weighted by Gasteiger charge is -2.06. The number of thioether (sulfide) groups is 1. The average molecular weight is 485 g/mol. The lowest BCUT2D eigenvalue weighted by atomic mass is 10.1. The summed E-state index contributed by atoms with van der Waals surface area (Å²) in [6.07, 6.45) is 4.48. The van der Waals surface area contributed by atoms with E-state index in [9.17, 15) is 9.59 Å². The maximum atomic E-state index is 12.6. The summed E-state index contributed by atoms with van der Waals surface area (Å²) >= 11 is 3.29. The van der Waals surface area contributed by atoms with E-state index in [1.54, 1.807) is 6.92 Å². The largest absolute Gasteiger partial charge is 0.465 e. The van der Waals surface area contributed by atoms with Gasteiger partial charge >= 0.3 is 5.97 Å². The number of aryl methyl sites for hydroxylation is 1. The van der Waals surface area contributed by atoms with E-state index in [2.05, 4.69) is 36.2 Å². The standard InChI is InChI=1S/C26H32N2O3S2/c1-3-5-10-20-14-15-22-23(17-20)33-26(28(22)18-25(30)31-4-2)27-24(29)13-9-16-32-19-21-11-7-6-8-12-21/h6-8,11-12,14-15,17H,3-5,9-10,13,16,18-19H2,1-2H3. The van der Waals surface area contributed by atoms with Gasteiger partial charge in [0, 0.05) is 12.2 Å². The lowest BCUT2D eigenvalue weighted by Crippen LogP contribution is -2.23. The van der Waals surface area contributed by atoms with Gasteiger partial charge in [-0.1, -0.05) is 61.1 Å². The summed E-state index contributed by atoms with van der Waals surface area (Å²) in [6, 6.07) is 16.6. The summed E-state index contributed by atoms with van der Waals surface area (Å²) in [5.41, 5.74) is 3.47. The molecule has 33 heavy (non-hydrogen) atoms. The zero-order valence-corrected chi connectivity index (χ0v) is 21.1. The first-order valence-electron chi connectivity index (χ1n) is 11.6. The number of amides is 1. The van der Waals surface area contributed by atoms with Crippen LogP contribution in [0.3, 0.4) is 0 Å². The Morgan fingerprint density at radius 3 is 2.64 bits per heavy atom. The van der Waals surface area contributed by atoms with E-state index in [1.165, 1.54) is 22.5 Å². The van der Waals surface area contributed by atoms with Crippen molar-refractivity contribution in [1.29, 1.82) is 0 Å². The number of aromatic nitrogens is 1. The molecule has 0 saturated heterocycles. The number of unbranched alkanes of at least 4 members (excludes halogenated alkanes) is 1. The van der Waals surface area contributed by atoms with Crippen LogP contribution in [0.5, 0.6) is 0 Å². The molecule has 0 N–H and O–H groups in total. The summed E-state index contributed by atoms with van der Waals surface area (Å²) in [6.45, 7) is 4.36. The molecule has 3 aromatic rings. The Labute approximate surface area is 203 Å². The topological polar surface area (TPSA) is 60.7 Å². The summed E-state index contributed by atoms with van der Waals surface area (Å²) in [5.74, 6) is 1.39. The van der Waals surface area contributed by atoms with Gasteiger partial charge in [-0.2, -0.15) is 16.8 Å². The molecular formula is C26H32N2O3S2. The zero-order chi connectivity index (χ0) is 23.5. The quantitative estimate of drug-likeness (QED) is 0.243. The minimum atomic E-state index is -0.321. The summed E-state index contributed by atoms with van der Waals surface area (Å²) in [5, 5.41) is 0. The van der Waals surface area contributed by atoms with Crippen LogP contribution in [0, 0.1) is 0 Å². The normalized spacial score (nSPS) is 11.8. The van der Waals surface area contributed by atoms with Crippen molar-refractivity contribution in [2.75, 3.05) is 12.4 Å². The molecule has 0 spiro atoms. The predicted octanol–water partition coefficient (Wildman–Crippen LogP) is 5.75. The van der Waals surface area contributed by atoms with Gasteiger partial charge in [0.15, 0.2) is 4.80 Å². The fourth-order valence-corrected chi connectivity index (χ4v) is 5.51. The molecule has 0 aliphatic rings. The van der Waals surface area contributed by atoms with Crippen LogP contribution < -0.4 is 4.80 Å². The minimum absolute atomic E-state index is 0.0567. The van der Waals surface area contributed by atoms with Crippen LogP contribution in [0.2, 0.25) is 0 Å². The number of nitrogens with zero attached hydrogens (tertiary/aromatic N) is 2. The van der Waals surface area contributed by atoms with Gasteiger partial charge in [-0.25, -0.2) is 0 Å². The van der Waals surface area contributed by atoms with Gasteiger partial charge in [-0.05, 0) is 55.2 Å². The highest BCUT2D eigenvalue weighted by Gasteiger charge is 2.13. The van der Waals surface area contributed by atoms with Crippen LogP contribution in [-0.4, -0.2) is 28.8 Å². The summed E-state index contributed by atoms with van der Waals surface area (Å²) in [7, 11) is 0. The second-order valence-electron chi connectivity index (χ2n) is 7.83. The number of carbonyl (C=O) groups is 2. The van der Waals surface area contributed by atoms with Crippen LogP contribution in [0.25, 0.3) is 10.2 Å². The second-order valence-corrected chi connectivity index (χ2v) is 9.94. The number of ether oxygens (including phenoxy) is 1. The molecule has 1 aromatic heterocycles. The van der Waals surface area contributed by atoms with Crippen molar-refractivity contribution in [3.8, 4) is 0 Å². The average Bonchev–Trinajstić information content (AvgIpc) is 3.14. The molecule has 3 rings (SSSR count). The molecule has 1 amide bonds. The molecule has 7 heteroatoms. The van der Waals surface area contributed by atoms with Crippen LogP contribution >= 0.6 is 23.1 Å². The summed E-state index contributed by atoms with van der Waals surface area (Å²) in [4.78, 5) is 29.7. The number of fused-ring (bicyclic) bond motifs is 1. The minimum Gasteiger partial charge on any atom is -0.465 e. The molecular weight excluding hydrogens is 452 g/mol. The molecule has 0 bridgehead atoms. The fraction of sp³-hybridized carbons (Fsp3) is 0.423. The molecule has 0 atom stereocenters. The highest BCUT2D eigenvalue weighted by Crippen LogP contribution is 2.21. The Balaban J connectivity index is 1.70. The van der Waals surface area contributed by atoms with E-state index < -0.39 is 0 Å². The molecule has 1 heterocycles. The van der Waals surface area contributed by atoms with E-state index >= 15 is 0 Å². The zero-order valence-electron chi connectivity index (χ0n) is 19.4. The van der Waals surface area contributed by atoms with E-state index in [1.807, 2.05) is 40.6 Å². The Kier molecular flexibility index (Phi) is 10.2. The molecule has 0 aliphatic carbocycles.